The fourth-order valence-corrected chi connectivity index (χ4v) is 7.95. The first-order valence-electron chi connectivity index (χ1n) is 24.5. The van der Waals surface area contributed by atoms with E-state index in [1.807, 2.05) is 91.0 Å². The molecule has 0 aliphatic rings. The molecule has 0 fully saturated rings. The molecule has 61 heavy (non-hydrogen) atoms. The molecule has 4 nitrogen and oxygen atoms in total. The Kier molecular flexibility index (Phi) is 8.95. The van der Waals surface area contributed by atoms with Gasteiger partial charge in [-0.3, -0.25) is 9.55 Å². The van der Waals surface area contributed by atoms with Gasteiger partial charge in [-0.05, 0) is 87.5 Å². The standard InChI is InChI=1S/C56H48N3O.Pt/c1-37(2)31-38-23-28-51(49(32-38)41-17-10-7-11-18-41)59-52-21-14-20-47(54(52)58-55(59)48-19-12-13-22-53(48)60)44-33-43(39-15-8-6-9-16-39)34-45(35-44)50-36-42(29-30-57-50)40-24-26-46(27-25-40)56(3,4)5;/h6-30,32-34,36-37,60H,31H2,1-5H3;/q-1;/i3D3,4D3,5D3;. The molecule has 304 valence electrons. The molecular formula is C56H48N3OPt-. The van der Waals surface area contributed by atoms with Gasteiger partial charge in [-0.1, -0.05) is 172 Å². The second-order valence-electron chi connectivity index (χ2n) is 15.6. The Bertz CT molecular complexity index is 3270. The van der Waals surface area contributed by atoms with Crippen molar-refractivity contribution in [2.75, 3.05) is 0 Å². The molecule has 0 atom stereocenters. The van der Waals surface area contributed by atoms with Gasteiger partial charge >= 0.3 is 0 Å². The number of benzene rings is 7. The first kappa shape index (κ1) is 31.5. The van der Waals surface area contributed by atoms with Gasteiger partial charge in [-0.25, -0.2) is 4.98 Å². The fourth-order valence-electron chi connectivity index (χ4n) is 7.95. The molecule has 0 amide bonds. The van der Waals surface area contributed by atoms with Gasteiger partial charge in [0.2, 0.25) is 0 Å². The third kappa shape index (κ3) is 8.51. The molecule has 0 bridgehead atoms. The van der Waals surface area contributed by atoms with Crippen LogP contribution in [0.1, 0.15) is 57.9 Å². The van der Waals surface area contributed by atoms with Crippen molar-refractivity contribution >= 4 is 11.0 Å². The topological polar surface area (TPSA) is 50.9 Å². The average Bonchev–Trinajstić information content (AvgIpc) is 3.70. The molecule has 2 heterocycles. The first-order valence-corrected chi connectivity index (χ1v) is 20.0. The predicted octanol–water partition coefficient (Wildman–Crippen LogP) is 14.4. The van der Waals surface area contributed by atoms with E-state index in [-0.39, 0.29) is 32.4 Å². The van der Waals surface area contributed by atoms with Gasteiger partial charge in [-0.2, -0.15) is 0 Å². The number of aromatic hydroxyl groups is 1. The third-order valence-corrected chi connectivity index (χ3v) is 10.8. The minimum Gasteiger partial charge on any atom is -0.507 e. The molecule has 0 unspecified atom stereocenters. The molecule has 7 aromatic carbocycles. The second-order valence-corrected chi connectivity index (χ2v) is 15.6. The van der Waals surface area contributed by atoms with Gasteiger partial charge in [-0.15, -0.1) is 23.8 Å². The van der Waals surface area contributed by atoms with Crippen LogP contribution in [-0.2, 0) is 32.9 Å². The van der Waals surface area contributed by atoms with E-state index in [0.29, 0.717) is 45.2 Å². The van der Waals surface area contributed by atoms with Crippen LogP contribution in [-0.4, -0.2) is 19.6 Å². The van der Waals surface area contributed by atoms with Crippen molar-refractivity contribution in [1.82, 2.24) is 14.5 Å². The van der Waals surface area contributed by atoms with Gasteiger partial charge in [0.1, 0.15) is 11.6 Å². The quantitative estimate of drug-likeness (QED) is 0.147. The summed E-state index contributed by atoms with van der Waals surface area (Å²) in [6.07, 6.45) is 2.56. The molecule has 0 spiro atoms. The van der Waals surface area contributed by atoms with E-state index in [1.54, 1.807) is 36.5 Å². The minimum atomic E-state index is -3.37. The maximum Gasteiger partial charge on any atom is 0.148 e. The van der Waals surface area contributed by atoms with Crippen LogP contribution in [0, 0.1) is 12.0 Å². The zero-order chi connectivity index (χ0) is 48.9. The van der Waals surface area contributed by atoms with Gasteiger partial charge in [0.15, 0.2) is 0 Å². The van der Waals surface area contributed by atoms with Crippen LogP contribution < -0.4 is 0 Å². The van der Waals surface area contributed by atoms with Crippen LogP contribution in [0.15, 0.2) is 176 Å². The number of hydrogen-bond acceptors (Lipinski definition) is 3. The molecule has 0 saturated carbocycles. The Hall–Kier alpha value is -6.35. The van der Waals surface area contributed by atoms with Crippen LogP contribution in [0.4, 0.5) is 0 Å². The Morgan fingerprint density at radius 1 is 0.623 bits per heavy atom. The summed E-state index contributed by atoms with van der Waals surface area (Å²) in [5.74, 6) is 1.12. The number of phenols is 1. The van der Waals surface area contributed by atoms with Crippen molar-refractivity contribution in [3.05, 3.63) is 193 Å². The molecule has 5 heteroatoms. The Morgan fingerprint density at radius 3 is 2.02 bits per heavy atom. The SMILES string of the molecule is [2H]C([2H])([2H])C(c1ccc(-c2ccnc(-c3[c-]c(-c4cccc5c4nc(-c4ccccc4O)n5-c4ccc(CC(C)C)cc4-c4ccccc4)cc(-c4ccccc4)c3)c2)cc1)(C([2H])([2H])[2H])C([2H])([2H])[2H].[Pt]. The summed E-state index contributed by atoms with van der Waals surface area (Å²) in [6.45, 7) is -5.69. The molecule has 0 aliphatic carbocycles. The van der Waals surface area contributed by atoms with E-state index in [0.717, 1.165) is 51.0 Å². The summed E-state index contributed by atoms with van der Waals surface area (Å²) < 4.78 is 75.8. The number of phenolic OH excluding ortho intramolecular Hbond substituents is 1. The van der Waals surface area contributed by atoms with Gasteiger partial charge in [0.25, 0.3) is 0 Å². The summed E-state index contributed by atoms with van der Waals surface area (Å²) in [7, 11) is 0. The molecular weight excluding hydrogens is 926 g/mol. The number of hydrogen-bond donors (Lipinski definition) is 1. The number of aromatic nitrogens is 3. The van der Waals surface area contributed by atoms with E-state index in [4.69, 9.17) is 22.3 Å². The van der Waals surface area contributed by atoms with E-state index in [2.05, 4.69) is 60.9 Å². The van der Waals surface area contributed by atoms with Crippen LogP contribution in [0.25, 0.3) is 83.9 Å². The van der Waals surface area contributed by atoms with Gasteiger partial charge in [0, 0.05) is 50.9 Å². The number of nitrogens with zero attached hydrogens (tertiary/aromatic N) is 3. The second kappa shape index (κ2) is 17.3. The van der Waals surface area contributed by atoms with Crippen molar-refractivity contribution in [2.45, 2.75) is 46.2 Å². The van der Waals surface area contributed by atoms with Crippen LogP contribution in [0.5, 0.6) is 5.75 Å². The monoisotopic (exact) mass is 982 g/mol. The third-order valence-electron chi connectivity index (χ3n) is 10.8. The van der Waals surface area contributed by atoms with E-state index in [1.165, 1.54) is 17.7 Å². The molecule has 0 saturated heterocycles. The maximum atomic E-state index is 11.4. The summed E-state index contributed by atoms with van der Waals surface area (Å²) in [5, 5.41) is 11.4. The Balaban J connectivity index is 0.00000659. The summed E-state index contributed by atoms with van der Waals surface area (Å²) >= 11 is 0. The van der Waals surface area contributed by atoms with Crippen molar-refractivity contribution in [2.24, 2.45) is 5.92 Å². The zero-order valence-electron chi connectivity index (χ0n) is 42.6. The number of fused-ring (bicyclic) bond motifs is 1. The van der Waals surface area contributed by atoms with Crippen molar-refractivity contribution in [3.8, 4) is 78.6 Å². The number of para-hydroxylation sites is 2. The fraction of sp³-hybridized carbons (Fsp3) is 0.143. The Labute approximate surface area is 386 Å². The summed E-state index contributed by atoms with van der Waals surface area (Å²) in [6, 6.07) is 57.2. The zero-order valence-corrected chi connectivity index (χ0v) is 35.9. The molecule has 9 rings (SSSR count). The summed E-state index contributed by atoms with van der Waals surface area (Å²) in [5.41, 5.74) is 8.76. The molecule has 1 N–H and O–H groups in total. The van der Waals surface area contributed by atoms with Crippen LogP contribution in [0.2, 0.25) is 0 Å². The van der Waals surface area contributed by atoms with Crippen molar-refractivity contribution < 1.29 is 38.5 Å². The van der Waals surface area contributed by atoms with Crippen molar-refractivity contribution in [3.63, 3.8) is 0 Å². The number of rotatable bonds is 9. The van der Waals surface area contributed by atoms with Crippen LogP contribution >= 0.6 is 0 Å². The average molecular weight is 983 g/mol. The van der Waals surface area contributed by atoms with Gasteiger partial charge < -0.3 is 5.11 Å². The molecule has 2 aromatic heterocycles. The largest absolute Gasteiger partial charge is 0.507 e. The minimum absolute atomic E-state index is 0. The van der Waals surface area contributed by atoms with E-state index in [9.17, 15) is 5.11 Å². The van der Waals surface area contributed by atoms with E-state index >= 15 is 0 Å². The normalized spacial score (nSPS) is 14.3. The molecule has 0 aliphatic heterocycles. The van der Waals surface area contributed by atoms with Crippen LogP contribution in [0.3, 0.4) is 0 Å². The van der Waals surface area contributed by atoms with E-state index < -0.39 is 26.0 Å². The summed E-state index contributed by atoms with van der Waals surface area (Å²) in [4.78, 5) is 10.2. The number of pyridine rings is 1. The smallest absolute Gasteiger partial charge is 0.148 e. The number of imidazole rings is 1. The maximum absolute atomic E-state index is 11.4. The van der Waals surface area contributed by atoms with Crippen molar-refractivity contribution in [1.29, 1.82) is 0 Å². The predicted molar refractivity (Wildman–Crippen MR) is 249 cm³/mol. The molecule has 9 aromatic rings. The first-order chi connectivity index (χ1) is 32.9. The Morgan fingerprint density at radius 2 is 1.30 bits per heavy atom. The van der Waals surface area contributed by atoms with Gasteiger partial charge in [0.05, 0.1) is 22.3 Å². The molecule has 0 radical (unpaired) electrons.